The van der Waals surface area contributed by atoms with Crippen molar-refractivity contribution in [2.24, 2.45) is 0 Å². The van der Waals surface area contributed by atoms with Crippen molar-refractivity contribution >= 4 is 86.4 Å². The molecular weight excluding hydrogens is 597 g/mol. The van der Waals surface area contributed by atoms with Gasteiger partial charge in [-0.2, -0.15) is 0 Å². The second-order valence-electron chi connectivity index (χ2n) is 5.45. The van der Waals surface area contributed by atoms with Gasteiger partial charge in [0, 0.05) is 5.02 Å². The summed E-state index contributed by atoms with van der Waals surface area (Å²) in [6.07, 6.45) is 1.46. The number of rotatable bonds is 3. The number of carbonyl (C=O) groups is 3. The van der Waals surface area contributed by atoms with Gasteiger partial charge in [0.2, 0.25) is 0 Å². The number of hydrogen-bond donors (Lipinski definition) is 1. The predicted molar refractivity (Wildman–Crippen MR) is 119 cm³/mol. The minimum Gasteiger partial charge on any atom is -0.495 e. The molecule has 0 spiro atoms. The lowest BCUT2D eigenvalue weighted by atomic mass is 10.1. The van der Waals surface area contributed by atoms with Gasteiger partial charge in [-0.15, -0.1) is 0 Å². The summed E-state index contributed by atoms with van der Waals surface area (Å²) in [5, 5.41) is 2.66. The average Bonchev–Trinajstić information content (AvgIpc) is 2.60. The molecule has 1 aliphatic rings. The molecule has 6 nitrogen and oxygen atoms in total. The number of barbiturate groups is 1. The van der Waals surface area contributed by atoms with E-state index in [1.165, 1.54) is 18.2 Å². The molecule has 1 saturated heterocycles. The Kier molecular flexibility index (Phi) is 6.06. The number of amides is 4. The van der Waals surface area contributed by atoms with Gasteiger partial charge in [-0.3, -0.25) is 14.9 Å². The number of urea groups is 1. The molecule has 0 radical (unpaired) electrons. The number of ether oxygens (including phenoxy) is 1. The fourth-order valence-corrected chi connectivity index (χ4v) is 4.89. The number of nitrogens with zero attached hydrogens (tertiary/aromatic N) is 1. The van der Waals surface area contributed by atoms with Crippen molar-refractivity contribution in [2.75, 3.05) is 12.0 Å². The molecule has 0 unspecified atom stereocenters. The zero-order valence-electron chi connectivity index (χ0n) is 13.8. The highest BCUT2D eigenvalue weighted by Crippen LogP contribution is 2.30. The lowest BCUT2D eigenvalue weighted by Gasteiger charge is -2.26. The lowest BCUT2D eigenvalue weighted by Crippen LogP contribution is -2.54. The highest BCUT2D eigenvalue weighted by molar-refractivity contribution is 14.1. The minimum absolute atomic E-state index is 0.138. The van der Waals surface area contributed by atoms with Crippen molar-refractivity contribution in [1.29, 1.82) is 0 Å². The Morgan fingerprint density at radius 2 is 1.67 bits per heavy atom. The summed E-state index contributed by atoms with van der Waals surface area (Å²) in [5.74, 6) is -0.723. The molecule has 0 bridgehead atoms. The topological polar surface area (TPSA) is 75.7 Å². The van der Waals surface area contributed by atoms with Crippen LogP contribution in [0.3, 0.4) is 0 Å². The van der Waals surface area contributed by atoms with E-state index in [9.17, 15) is 14.4 Å². The highest BCUT2D eigenvalue weighted by Gasteiger charge is 2.36. The Morgan fingerprint density at radius 1 is 1.07 bits per heavy atom. The average molecular weight is 609 g/mol. The minimum atomic E-state index is -0.802. The number of hydrogen-bond acceptors (Lipinski definition) is 4. The summed E-state index contributed by atoms with van der Waals surface area (Å²) in [6, 6.07) is 8.97. The first-order valence-electron chi connectivity index (χ1n) is 7.52. The largest absolute Gasteiger partial charge is 0.495 e. The molecule has 9 heteroatoms. The molecule has 0 saturated carbocycles. The second kappa shape index (κ2) is 8.15. The van der Waals surface area contributed by atoms with Gasteiger partial charge in [-0.1, -0.05) is 11.6 Å². The second-order valence-corrected chi connectivity index (χ2v) is 8.21. The van der Waals surface area contributed by atoms with Gasteiger partial charge < -0.3 is 4.74 Å². The van der Waals surface area contributed by atoms with Crippen LogP contribution in [0.1, 0.15) is 5.56 Å². The fourth-order valence-electron chi connectivity index (χ4n) is 2.51. The molecule has 0 aliphatic carbocycles. The molecule has 2 aromatic rings. The van der Waals surface area contributed by atoms with Crippen LogP contribution >= 0.6 is 56.8 Å². The van der Waals surface area contributed by atoms with Crippen LogP contribution in [0.2, 0.25) is 5.02 Å². The third kappa shape index (κ3) is 4.11. The molecule has 2 aromatic carbocycles. The van der Waals surface area contributed by atoms with E-state index in [1.54, 1.807) is 31.4 Å². The Hall–Kier alpha value is -1.66. The Morgan fingerprint density at radius 3 is 2.22 bits per heavy atom. The first kappa shape index (κ1) is 20.1. The van der Waals surface area contributed by atoms with E-state index in [4.69, 9.17) is 16.3 Å². The van der Waals surface area contributed by atoms with Gasteiger partial charge in [-0.05, 0) is 93.2 Å². The van der Waals surface area contributed by atoms with Crippen LogP contribution < -0.4 is 15.0 Å². The van der Waals surface area contributed by atoms with Crippen molar-refractivity contribution in [3.8, 4) is 5.75 Å². The van der Waals surface area contributed by atoms with Crippen molar-refractivity contribution in [3.05, 3.63) is 59.7 Å². The third-order valence-corrected chi connectivity index (χ3v) is 5.58. The molecule has 138 valence electrons. The van der Waals surface area contributed by atoms with E-state index in [2.05, 4.69) is 50.5 Å². The number of anilines is 1. The highest BCUT2D eigenvalue weighted by atomic mass is 127. The van der Waals surface area contributed by atoms with Crippen LogP contribution in [-0.4, -0.2) is 25.0 Å². The molecule has 0 atom stereocenters. The van der Waals surface area contributed by atoms with E-state index in [1.807, 2.05) is 0 Å². The van der Waals surface area contributed by atoms with Crippen molar-refractivity contribution in [3.63, 3.8) is 0 Å². The number of imide groups is 2. The van der Waals surface area contributed by atoms with E-state index in [0.29, 0.717) is 16.3 Å². The van der Waals surface area contributed by atoms with Gasteiger partial charge in [-0.25, -0.2) is 9.69 Å². The maximum atomic E-state index is 12.8. The number of carbonyl (C=O) groups excluding carboxylic acids is 3. The smallest absolute Gasteiger partial charge is 0.335 e. The van der Waals surface area contributed by atoms with Gasteiger partial charge in [0.1, 0.15) is 11.3 Å². The van der Waals surface area contributed by atoms with E-state index >= 15 is 0 Å². The first-order chi connectivity index (χ1) is 12.8. The maximum Gasteiger partial charge on any atom is 0.335 e. The Labute approximate surface area is 187 Å². The maximum absolute atomic E-state index is 12.8. The van der Waals surface area contributed by atoms with E-state index < -0.39 is 17.8 Å². The van der Waals surface area contributed by atoms with E-state index in [0.717, 1.165) is 17.8 Å². The van der Waals surface area contributed by atoms with Crippen molar-refractivity contribution in [1.82, 2.24) is 5.32 Å². The Balaban J connectivity index is 2.03. The quantitative estimate of drug-likeness (QED) is 0.322. The van der Waals surface area contributed by atoms with Crippen LogP contribution in [-0.2, 0) is 9.59 Å². The summed E-state index contributed by atoms with van der Waals surface area (Å²) >= 11 is 10.1. The number of nitrogens with one attached hydrogen (secondary N) is 1. The third-order valence-electron chi connectivity index (χ3n) is 3.72. The summed E-state index contributed by atoms with van der Waals surface area (Å²) < 4.78 is 6.99. The molecule has 27 heavy (non-hydrogen) atoms. The fraction of sp³-hybridized carbons (Fsp3) is 0.0556. The molecular formula is C18H11ClI2N2O4. The SMILES string of the molecule is COc1c(I)cc(/C=C2\C(=O)NC(=O)N(c3ccc(Cl)cc3)C2=O)cc1I. The normalized spacial score (nSPS) is 15.9. The molecule has 1 heterocycles. The Bertz CT molecular complexity index is 966. The zero-order chi connectivity index (χ0) is 19.7. The summed E-state index contributed by atoms with van der Waals surface area (Å²) in [5.41, 5.74) is 0.828. The summed E-state index contributed by atoms with van der Waals surface area (Å²) in [7, 11) is 1.57. The molecule has 1 aliphatic heterocycles. The number of halogens is 3. The molecule has 1 fully saturated rings. The van der Waals surface area contributed by atoms with Crippen molar-refractivity contribution in [2.45, 2.75) is 0 Å². The summed E-state index contributed by atoms with van der Waals surface area (Å²) in [6.45, 7) is 0. The number of benzene rings is 2. The lowest BCUT2D eigenvalue weighted by molar-refractivity contribution is -0.122. The monoisotopic (exact) mass is 608 g/mol. The molecule has 3 rings (SSSR count). The molecule has 4 amide bonds. The van der Waals surface area contributed by atoms with E-state index in [-0.39, 0.29) is 5.57 Å². The van der Waals surface area contributed by atoms with Crippen LogP contribution in [0.5, 0.6) is 5.75 Å². The van der Waals surface area contributed by atoms with Gasteiger partial charge in [0.25, 0.3) is 11.8 Å². The van der Waals surface area contributed by atoms with Crippen molar-refractivity contribution < 1.29 is 19.1 Å². The van der Waals surface area contributed by atoms with Crippen LogP contribution in [0.15, 0.2) is 42.0 Å². The summed E-state index contributed by atoms with van der Waals surface area (Å²) in [4.78, 5) is 38.2. The van der Waals surface area contributed by atoms with Gasteiger partial charge in [0.15, 0.2) is 0 Å². The van der Waals surface area contributed by atoms with Crippen LogP contribution in [0.25, 0.3) is 6.08 Å². The molecule has 0 aromatic heterocycles. The number of methoxy groups -OCH3 is 1. The van der Waals surface area contributed by atoms with Gasteiger partial charge >= 0.3 is 6.03 Å². The first-order valence-corrected chi connectivity index (χ1v) is 10.1. The van der Waals surface area contributed by atoms with Crippen LogP contribution in [0.4, 0.5) is 10.5 Å². The van der Waals surface area contributed by atoms with Gasteiger partial charge in [0.05, 0.1) is 19.9 Å². The zero-order valence-corrected chi connectivity index (χ0v) is 18.8. The standard InChI is InChI=1S/C18H11ClI2N2O4/c1-27-15-13(20)7-9(8-14(15)21)6-12-16(24)22-18(26)23(17(12)25)11-4-2-10(19)3-5-11/h2-8H,1H3,(H,22,24,26)/b12-6+. The van der Waals surface area contributed by atoms with Crippen LogP contribution in [0, 0.1) is 7.14 Å². The predicted octanol–water partition coefficient (Wildman–Crippen LogP) is 4.22. The molecule has 1 N–H and O–H groups in total.